The summed E-state index contributed by atoms with van der Waals surface area (Å²) in [5, 5.41) is 16.7. The molecule has 160 valence electrons. The topological polar surface area (TPSA) is 117 Å². The average Bonchev–Trinajstić information content (AvgIpc) is 3.54. The monoisotopic (exact) mass is 418 g/mol. The van der Waals surface area contributed by atoms with Crippen molar-refractivity contribution in [3.63, 3.8) is 0 Å². The molecule has 8 nitrogen and oxygen atoms in total. The summed E-state index contributed by atoms with van der Waals surface area (Å²) < 4.78 is 1.68. The van der Waals surface area contributed by atoms with Crippen molar-refractivity contribution in [2.75, 3.05) is 18.4 Å². The van der Waals surface area contributed by atoms with Crippen LogP contribution in [0.5, 0.6) is 0 Å². The fourth-order valence-electron chi connectivity index (χ4n) is 4.22. The van der Waals surface area contributed by atoms with Crippen LogP contribution in [0.1, 0.15) is 54.6 Å². The second-order valence-corrected chi connectivity index (χ2v) is 8.27. The number of anilines is 1. The second kappa shape index (κ2) is 8.36. The first-order valence-electron chi connectivity index (χ1n) is 10.5. The number of aromatic nitrogens is 2. The molecule has 2 aliphatic rings. The fourth-order valence-corrected chi connectivity index (χ4v) is 4.22. The van der Waals surface area contributed by atoms with Gasteiger partial charge in [-0.25, -0.2) is 0 Å². The van der Waals surface area contributed by atoms with E-state index in [1.165, 1.54) is 5.56 Å². The first-order chi connectivity index (χ1) is 14.9. The standard InChI is InChI=1S/C23H26N6O2/c1-16(17-5-3-2-4-6-17)28-13-10-23(9-12-24,11-14-28)29-15-19(20(25)30)21(27-29)26-22(31)18-7-8-18/h2-7,15-16H,8-11,13-14H2,1H3,(H2,25,30)(H,26,27,31). The lowest BCUT2D eigenvalue weighted by molar-refractivity contribution is -0.112. The number of amides is 2. The van der Waals surface area contributed by atoms with E-state index in [0.29, 0.717) is 24.8 Å². The van der Waals surface area contributed by atoms with Gasteiger partial charge >= 0.3 is 0 Å². The van der Waals surface area contributed by atoms with Crippen LogP contribution in [0.2, 0.25) is 0 Å². The van der Waals surface area contributed by atoms with Crippen LogP contribution in [0.25, 0.3) is 0 Å². The predicted octanol–water partition coefficient (Wildman–Crippen LogP) is 2.72. The molecule has 3 N–H and O–H groups in total. The maximum Gasteiger partial charge on any atom is 0.254 e. The minimum atomic E-state index is -0.659. The molecule has 1 fully saturated rings. The van der Waals surface area contributed by atoms with Crippen molar-refractivity contribution >= 4 is 17.6 Å². The number of piperidine rings is 1. The van der Waals surface area contributed by atoms with Gasteiger partial charge in [0, 0.05) is 30.9 Å². The van der Waals surface area contributed by atoms with Crippen molar-refractivity contribution in [3.05, 3.63) is 59.3 Å². The van der Waals surface area contributed by atoms with E-state index in [9.17, 15) is 14.9 Å². The number of hydrogen-bond acceptors (Lipinski definition) is 5. The molecule has 31 heavy (non-hydrogen) atoms. The lowest BCUT2D eigenvalue weighted by Gasteiger charge is -2.43. The molecular formula is C23H26N6O2. The van der Waals surface area contributed by atoms with Crippen molar-refractivity contribution in [2.45, 2.75) is 44.2 Å². The summed E-state index contributed by atoms with van der Waals surface area (Å²) >= 11 is 0. The number of allylic oxidation sites excluding steroid dienone is 1. The normalized spacial score (nSPS) is 18.5. The molecule has 0 radical (unpaired) electrons. The number of hydrogen-bond donors (Lipinski definition) is 2. The Labute approximate surface area is 181 Å². The highest BCUT2D eigenvalue weighted by molar-refractivity contribution is 6.09. The lowest BCUT2D eigenvalue weighted by Crippen LogP contribution is -2.47. The van der Waals surface area contributed by atoms with E-state index in [2.05, 4.69) is 40.4 Å². The van der Waals surface area contributed by atoms with Gasteiger partial charge in [-0.3, -0.25) is 19.2 Å². The number of rotatable bonds is 7. The Morgan fingerprint density at radius 2 is 1.97 bits per heavy atom. The van der Waals surface area contributed by atoms with E-state index in [1.807, 2.05) is 18.2 Å². The van der Waals surface area contributed by atoms with Gasteiger partial charge in [-0.1, -0.05) is 36.4 Å². The Morgan fingerprint density at radius 3 is 2.55 bits per heavy atom. The average molecular weight is 419 g/mol. The maximum absolute atomic E-state index is 12.2. The maximum atomic E-state index is 12.2. The Morgan fingerprint density at radius 1 is 1.29 bits per heavy atom. The van der Waals surface area contributed by atoms with Gasteiger partial charge in [-0.2, -0.15) is 10.4 Å². The number of carbonyl (C=O) groups is 2. The smallest absolute Gasteiger partial charge is 0.254 e. The number of benzene rings is 1. The molecule has 0 spiro atoms. The number of nitriles is 1. The summed E-state index contributed by atoms with van der Waals surface area (Å²) in [6.07, 6.45) is 5.70. The zero-order chi connectivity index (χ0) is 22.0. The Hall–Kier alpha value is -3.44. The molecule has 1 aromatic carbocycles. The fraction of sp³-hybridized carbons (Fsp3) is 0.391. The van der Waals surface area contributed by atoms with E-state index in [-0.39, 0.29) is 29.8 Å². The van der Waals surface area contributed by atoms with E-state index < -0.39 is 11.4 Å². The summed E-state index contributed by atoms with van der Waals surface area (Å²) in [6, 6.07) is 12.9. The van der Waals surface area contributed by atoms with Crippen LogP contribution in [-0.2, 0) is 10.3 Å². The predicted molar refractivity (Wildman–Crippen MR) is 116 cm³/mol. The highest BCUT2D eigenvalue weighted by Crippen LogP contribution is 2.37. The van der Waals surface area contributed by atoms with E-state index in [4.69, 9.17) is 5.73 Å². The number of primary amides is 1. The molecule has 2 heterocycles. The molecule has 2 amide bonds. The zero-order valence-corrected chi connectivity index (χ0v) is 17.5. The summed E-state index contributed by atoms with van der Waals surface area (Å²) in [5.74, 6) is -0.773. The molecule has 0 saturated carbocycles. The van der Waals surface area contributed by atoms with Crippen molar-refractivity contribution in [1.29, 1.82) is 5.26 Å². The molecular weight excluding hydrogens is 392 g/mol. The molecule has 1 unspecified atom stereocenters. The van der Waals surface area contributed by atoms with Crippen molar-refractivity contribution < 1.29 is 9.59 Å². The van der Waals surface area contributed by atoms with Crippen LogP contribution >= 0.6 is 0 Å². The third-order valence-corrected chi connectivity index (χ3v) is 6.36. The number of nitrogens with zero attached hydrogens (tertiary/aromatic N) is 4. The quantitative estimate of drug-likeness (QED) is 0.717. The number of carbonyl (C=O) groups excluding carboxylic acids is 2. The van der Waals surface area contributed by atoms with Gasteiger partial charge < -0.3 is 11.1 Å². The van der Waals surface area contributed by atoms with Gasteiger partial charge in [-0.05, 0) is 31.7 Å². The highest BCUT2D eigenvalue weighted by Gasteiger charge is 2.39. The Kier molecular flexibility index (Phi) is 5.61. The second-order valence-electron chi connectivity index (χ2n) is 8.27. The highest BCUT2D eigenvalue weighted by atomic mass is 16.2. The van der Waals surface area contributed by atoms with Crippen LogP contribution < -0.4 is 11.1 Å². The molecule has 1 saturated heterocycles. The SMILES string of the molecule is CC(c1ccccc1)N1CCC(CC#N)(n2cc(C(N)=O)c(NC(=O)C3=CC3)n2)CC1. The molecule has 2 aromatic rings. The lowest BCUT2D eigenvalue weighted by atomic mass is 9.84. The van der Waals surface area contributed by atoms with Crippen LogP contribution in [0.4, 0.5) is 5.82 Å². The third kappa shape index (κ3) is 4.23. The number of nitrogens with two attached hydrogens (primary N) is 1. The molecule has 0 bridgehead atoms. The van der Waals surface area contributed by atoms with Crippen molar-refractivity contribution in [2.24, 2.45) is 5.73 Å². The van der Waals surface area contributed by atoms with Crippen LogP contribution in [0.3, 0.4) is 0 Å². The van der Waals surface area contributed by atoms with Gasteiger partial charge in [0.15, 0.2) is 5.82 Å². The van der Waals surface area contributed by atoms with Crippen LogP contribution in [0, 0.1) is 11.3 Å². The molecule has 1 aliphatic heterocycles. The number of nitrogens with one attached hydrogen (secondary N) is 1. The van der Waals surface area contributed by atoms with E-state index >= 15 is 0 Å². The minimum absolute atomic E-state index is 0.155. The summed E-state index contributed by atoms with van der Waals surface area (Å²) in [6.45, 7) is 3.77. The Balaban J connectivity index is 1.56. The van der Waals surface area contributed by atoms with Crippen molar-refractivity contribution in [1.82, 2.24) is 14.7 Å². The van der Waals surface area contributed by atoms with Gasteiger partial charge in [0.2, 0.25) is 0 Å². The van der Waals surface area contributed by atoms with Gasteiger partial charge in [0.25, 0.3) is 11.8 Å². The number of likely N-dealkylation sites (tertiary alicyclic amines) is 1. The first kappa shape index (κ1) is 20.8. The molecule has 8 heteroatoms. The van der Waals surface area contributed by atoms with Crippen LogP contribution in [-0.4, -0.2) is 39.6 Å². The van der Waals surface area contributed by atoms with E-state index in [0.717, 1.165) is 13.1 Å². The van der Waals surface area contributed by atoms with Gasteiger partial charge in [-0.15, -0.1) is 0 Å². The van der Waals surface area contributed by atoms with E-state index in [1.54, 1.807) is 17.0 Å². The minimum Gasteiger partial charge on any atom is -0.365 e. The molecule has 1 aromatic heterocycles. The Bertz CT molecular complexity index is 1060. The zero-order valence-electron chi connectivity index (χ0n) is 17.5. The largest absolute Gasteiger partial charge is 0.365 e. The molecule has 4 rings (SSSR count). The molecule has 1 aliphatic carbocycles. The molecule has 1 atom stereocenters. The summed E-state index contributed by atoms with van der Waals surface area (Å²) in [7, 11) is 0. The van der Waals surface area contributed by atoms with Crippen molar-refractivity contribution in [3.8, 4) is 6.07 Å². The first-order valence-corrected chi connectivity index (χ1v) is 10.5. The third-order valence-electron chi connectivity index (χ3n) is 6.36. The summed E-state index contributed by atoms with van der Waals surface area (Å²) in [4.78, 5) is 26.5. The van der Waals surface area contributed by atoms with Gasteiger partial charge in [0.1, 0.15) is 5.56 Å². The van der Waals surface area contributed by atoms with Gasteiger partial charge in [0.05, 0.1) is 18.0 Å². The summed E-state index contributed by atoms with van der Waals surface area (Å²) in [5.41, 5.74) is 7.07. The van der Waals surface area contributed by atoms with Crippen LogP contribution in [0.15, 0.2) is 48.2 Å².